The molecule has 0 aliphatic rings. The molecular formula is C23H34N2O3. The second kappa shape index (κ2) is 11.0. The molecule has 1 heterocycles. The average Bonchev–Trinajstić information content (AvgIpc) is 2.72. The second-order valence-corrected chi connectivity index (χ2v) is 7.35. The van der Waals surface area contributed by atoms with Crippen LogP contribution in [0.4, 0.5) is 5.69 Å². The van der Waals surface area contributed by atoms with Crippen molar-refractivity contribution in [3.63, 3.8) is 0 Å². The van der Waals surface area contributed by atoms with E-state index in [0.717, 1.165) is 54.4 Å². The number of benzene rings is 1. The molecule has 0 saturated carbocycles. The Morgan fingerprint density at radius 2 is 1.86 bits per heavy atom. The summed E-state index contributed by atoms with van der Waals surface area (Å²) in [5.74, 6) is 0.636. The minimum Gasteiger partial charge on any atom is -0.491 e. The summed E-state index contributed by atoms with van der Waals surface area (Å²) < 4.78 is 11.9. The van der Waals surface area contributed by atoms with Gasteiger partial charge in [-0.05, 0) is 50.5 Å². The lowest BCUT2D eigenvalue weighted by atomic mass is 9.97. The van der Waals surface area contributed by atoms with Gasteiger partial charge in [0, 0.05) is 18.2 Å². The first-order chi connectivity index (χ1) is 13.6. The van der Waals surface area contributed by atoms with E-state index in [9.17, 15) is 4.79 Å². The standard InChI is InChI=1S/C23H34N2O3/c1-5-8-14-23(4,28-16-7-3)22(26)25-19-12-13-20(27-17-9-6-2)21-18(19)11-10-15-24-21/h10-13,15H,5-9,14,16-17H2,1-4H3,(H,25,26)/t23-/m1/s1. The van der Waals surface area contributed by atoms with Gasteiger partial charge in [-0.1, -0.05) is 40.0 Å². The topological polar surface area (TPSA) is 60.5 Å². The largest absolute Gasteiger partial charge is 0.491 e. The second-order valence-electron chi connectivity index (χ2n) is 7.35. The molecule has 0 aliphatic carbocycles. The lowest BCUT2D eigenvalue weighted by molar-refractivity contribution is -0.140. The maximum absolute atomic E-state index is 13.1. The van der Waals surface area contributed by atoms with Crippen molar-refractivity contribution in [3.05, 3.63) is 30.5 Å². The van der Waals surface area contributed by atoms with Crippen molar-refractivity contribution in [2.24, 2.45) is 0 Å². The van der Waals surface area contributed by atoms with E-state index >= 15 is 0 Å². The highest BCUT2D eigenvalue weighted by Gasteiger charge is 2.33. The number of nitrogens with zero attached hydrogens (tertiary/aromatic N) is 1. The van der Waals surface area contributed by atoms with Gasteiger partial charge in [-0.3, -0.25) is 9.78 Å². The number of unbranched alkanes of at least 4 members (excludes halogenated alkanes) is 2. The SMILES string of the molecule is CCCCOc1ccc(NC(=O)[C@@](C)(CCCC)OCCC)c2cccnc12. The van der Waals surface area contributed by atoms with Crippen LogP contribution in [-0.2, 0) is 9.53 Å². The van der Waals surface area contributed by atoms with Crippen molar-refractivity contribution in [1.82, 2.24) is 4.98 Å². The molecule has 5 heteroatoms. The number of pyridine rings is 1. The van der Waals surface area contributed by atoms with Gasteiger partial charge >= 0.3 is 0 Å². The van der Waals surface area contributed by atoms with Gasteiger partial charge in [0.2, 0.25) is 0 Å². The fraction of sp³-hybridized carbons (Fsp3) is 0.565. The molecule has 0 bridgehead atoms. The molecule has 0 spiro atoms. The fourth-order valence-electron chi connectivity index (χ4n) is 3.05. The molecule has 0 unspecified atom stereocenters. The minimum atomic E-state index is -0.836. The van der Waals surface area contributed by atoms with Crippen LogP contribution in [0.25, 0.3) is 10.9 Å². The maximum atomic E-state index is 13.1. The average molecular weight is 387 g/mol. The summed E-state index contributed by atoms with van der Waals surface area (Å²) in [6.07, 6.45) is 7.37. The molecule has 0 radical (unpaired) electrons. The Morgan fingerprint density at radius 1 is 1.07 bits per heavy atom. The molecule has 5 nitrogen and oxygen atoms in total. The van der Waals surface area contributed by atoms with Gasteiger partial charge in [0.15, 0.2) is 0 Å². The number of anilines is 1. The first-order valence-corrected chi connectivity index (χ1v) is 10.5. The van der Waals surface area contributed by atoms with Gasteiger partial charge in [0.1, 0.15) is 16.9 Å². The molecule has 0 fully saturated rings. The molecule has 2 rings (SSSR count). The van der Waals surface area contributed by atoms with E-state index in [1.54, 1.807) is 6.20 Å². The van der Waals surface area contributed by atoms with Crippen molar-refractivity contribution in [2.45, 2.75) is 71.8 Å². The number of hydrogen-bond donors (Lipinski definition) is 1. The van der Waals surface area contributed by atoms with Gasteiger partial charge in [0.25, 0.3) is 5.91 Å². The number of aromatic nitrogens is 1. The van der Waals surface area contributed by atoms with Crippen LogP contribution < -0.4 is 10.1 Å². The van der Waals surface area contributed by atoms with Crippen molar-refractivity contribution >= 4 is 22.5 Å². The number of fused-ring (bicyclic) bond motifs is 1. The molecule has 0 saturated heterocycles. The van der Waals surface area contributed by atoms with E-state index in [2.05, 4.69) is 31.1 Å². The van der Waals surface area contributed by atoms with E-state index in [4.69, 9.17) is 9.47 Å². The monoisotopic (exact) mass is 386 g/mol. The number of carbonyl (C=O) groups excluding carboxylic acids is 1. The highest BCUT2D eigenvalue weighted by molar-refractivity contribution is 6.05. The van der Waals surface area contributed by atoms with Crippen LogP contribution in [0, 0.1) is 0 Å². The zero-order valence-electron chi connectivity index (χ0n) is 17.7. The fourth-order valence-corrected chi connectivity index (χ4v) is 3.05. The molecule has 1 N–H and O–H groups in total. The Kier molecular flexibility index (Phi) is 8.71. The number of amides is 1. The van der Waals surface area contributed by atoms with E-state index in [1.165, 1.54) is 0 Å². The first-order valence-electron chi connectivity index (χ1n) is 10.5. The summed E-state index contributed by atoms with van der Waals surface area (Å²) in [5, 5.41) is 3.95. The molecular weight excluding hydrogens is 352 g/mol. The molecule has 1 aromatic carbocycles. The summed E-state index contributed by atoms with van der Waals surface area (Å²) >= 11 is 0. The van der Waals surface area contributed by atoms with Crippen LogP contribution in [0.2, 0.25) is 0 Å². The van der Waals surface area contributed by atoms with Crippen LogP contribution in [0.1, 0.15) is 66.2 Å². The van der Waals surface area contributed by atoms with Gasteiger partial charge < -0.3 is 14.8 Å². The molecule has 154 valence electrons. The van der Waals surface area contributed by atoms with Crippen molar-refractivity contribution < 1.29 is 14.3 Å². The van der Waals surface area contributed by atoms with Gasteiger partial charge in [-0.25, -0.2) is 0 Å². The normalized spacial score (nSPS) is 13.3. The van der Waals surface area contributed by atoms with E-state index < -0.39 is 5.60 Å². The van der Waals surface area contributed by atoms with Crippen LogP contribution in [0.15, 0.2) is 30.5 Å². The van der Waals surface area contributed by atoms with Crippen LogP contribution >= 0.6 is 0 Å². The highest BCUT2D eigenvalue weighted by atomic mass is 16.5. The highest BCUT2D eigenvalue weighted by Crippen LogP contribution is 2.31. The molecule has 28 heavy (non-hydrogen) atoms. The zero-order valence-corrected chi connectivity index (χ0v) is 17.7. The molecule has 1 aromatic heterocycles. The third kappa shape index (κ3) is 5.68. The maximum Gasteiger partial charge on any atom is 0.256 e. The summed E-state index contributed by atoms with van der Waals surface area (Å²) in [6, 6.07) is 7.61. The number of ether oxygens (including phenoxy) is 2. The van der Waals surface area contributed by atoms with E-state index in [1.807, 2.05) is 31.2 Å². The van der Waals surface area contributed by atoms with E-state index in [0.29, 0.717) is 19.6 Å². The summed E-state index contributed by atoms with van der Waals surface area (Å²) in [7, 11) is 0. The number of hydrogen-bond acceptors (Lipinski definition) is 4. The van der Waals surface area contributed by atoms with Gasteiger partial charge in [-0.2, -0.15) is 0 Å². The van der Waals surface area contributed by atoms with Crippen LogP contribution in [0.3, 0.4) is 0 Å². The third-order valence-electron chi connectivity index (χ3n) is 4.85. The predicted molar refractivity (Wildman–Crippen MR) is 115 cm³/mol. The number of nitrogens with one attached hydrogen (secondary N) is 1. The van der Waals surface area contributed by atoms with Crippen LogP contribution in [-0.4, -0.2) is 29.7 Å². The predicted octanol–water partition coefficient (Wildman–Crippen LogP) is 5.73. The number of carbonyl (C=O) groups is 1. The van der Waals surface area contributed by atoms with Gasteiger partial charge in [-0.15, -0.1) is 0 Å². The van der Waals surface area contributed by atoms with Gasteiger partial charge in [0.05, 0.1) is 12.3 Å². The lowest BCUT2D eigenvalue weighted by Crippen LogP contribution is -2.43. The lowest BCUT2D eigenvalue weighted by Gasteiger charge is -2.29. The Bertz CT molecular complexity index is 753. The van der Waals surface area contributed by atoms with Crippen LogP contribution in [0.5, 0.6) is 5.75 Å². The smallest absolute Gasteiger partial charge is 0.256 e. The number of rotatable bonds is 12. The molecule has 1 amide bonds. The van der Waals surface area contributed by atoms with E-state index in [-0.39, 0.29) is 5.91 Å². The molecule has 0 aliphatic heterocycles. The summed E-state index contributed by atoms with van der Waals surface area (Å²) in [6.45, 7) is 9.42. The molecule has 1 atom stereocenters. The molecule has 2 aromatic rings. The van der Waals surface area contributed by atoms with Crippen molar-refractivity contribution in [2.75, 3.05) is 18.5 Å². The minimum absolute atomic E-state index is 0.112. The zero-order chi connectivity index (χ0) is 20.4. The third-order valence-corrected chi connectivity index (χ3v) is 4.85. The summed E-state index contributed by atoms with van der Waals surface area (Å²) in [4.78, 5) is 17.6. The Labute approximate surface area is 168 Å². The Balaban J connectivity index is 2.26. The van der Waals surface area contributed by atoms with Crippen molar-refractivity contribution in [3.8, 4) is 5.75 Å². The van der Waals surface area contributed by atoms with Crippen molar-refractivity contribution in [1.29, 1.82) is 0 Å². The first kappa shape index (κ1) is 22.2. The Morgan fingerprint density at radius 3 is 2.57 bits per heavy atom. The summed E-state index contributed by atoms with van der Waals surface area (Å²) in [5.41, 5.74) is 0.663. The quantitative estimate of drug-likeness (QED) is 0.473. The Hall–Kier alpha value is -2.14.